The van der Waals surface area contributed by atoms with Crippen molar-refractivity contribution in [3.05, 3.63) is 294 Å². The average molecular weight is 1550 g/mol. The third-order valence-electron chi connectivity index (χ3n) is 15.4. The second-order valence-corrected chi connectivity index (χ2v) is 21.3. The molecule has 14 rings (SSSR count). The molecule has 2 aromatic heterocycles. The maximum Gasteiger partial charge on any atom is 0.143 e. The molecule has 90 heavy (non-hydrogen) atoms. The third-order valence-corrected chi connectivity index (χ3v) is 15.4. The maximum absolute atomic E-state index is 4.34. The standard InChI is InChI=1S/C26H30N4.C22H22N4.2C12H10N4.2Ir/c1-21-23(3)29(25-13-7-5-8-14-25)19-27(21)17-11-12-18-28-20-30(24(4)22(28)2)26-15-9-6-10-16-26;1-3-9-21(10-4-1)25-17-15-23(19-25)13-7-8-14-24-16-18-26(20-24)22-11-5-2-6-12-22;2*1-15-9-16(10-5-3-2-4-6-10)12-11(15)13-7-8-14-12;;/h5-10,13,15,19-20H,11-12,17-18H2,1-4H3;1-6,9,11,15-20H,7-8,13-14H2;2*2-5,7-9H,1H3;;/q2*-4;2*-2;;. The Morgan fingerprint density at radius 3 is 0.944 bits per heavy atom. The molecule has 6 aromatic carbocycles. The Morgan fingerprint density at radius 1 is 0.322 bits per heavy atom. The van der Waals surface area contributed by atoms with Crippen LogP contribution >= 0.6 is 0 Å². The van der Waals surface area contributed by atoms with Gasteiger partial charge in [-0.2, -0.15) is 209 Å². The van der Waals surface area contributed by atoms with Gasteiger partial charge in [0.05, 0.1) is 0 Å². The normalized spacial score (nSPS) is 15.4. The minimum Gasteiger partial charge on any atom is -0.508 e. The van der Waals surface area contributed by atoms with E-state index in [4.69, 9.17) is 0 Å². The molecule has 18 heteroatoms. The summed E-state index contributed by atoms with van der Waals surface area (Å²) in [5.74, 6) is 3.40. The zero-order chi connectivity index (χ0) is 60.6. The molecule has 0 amide bonds. The van der Waals surface area contributed by atoms with Crippen molar-refractivity contribution < 1.29 is 40.2 Å². The molecule has 0 saturated carbocycles. The Bertz CT molecular complexity index is 3370. The fourth-order valence-electron chi connectivity index (χ4n) is 10.4. The van der Waals surface area contributed by atoms with Crippen LogP contribution in [0, 0.1) is 76.4 Å². The Hall–Kier alpha value is -8.66. The molecule has 0 fully saturated rings. The van der Waals surface area contributed by atoms with Gasteiger partial charge in [-0.15, -0.1) is 47.5 Å². The number of aromatic nitrogens is 4. The average Bonchev–Trinajstić information content (AvgIpc) is 1.97. The van der Waals surface area contributed by atoms with Gasteiger partial charge in [-0.25, -0.2) is 19.9 Å². The van der Waals surface area contributed by atoms with Crippen LogP contribution in [0.2, 0.25) is 0 Å². The Labute approximate surface area is 560 Å². The molecule has 6 aliphatic rings. The molecule has 8 heterocycles. The second-order valence-electron chi connectivity index (χ2n) is 21.3. The van der Waals surface area contributed by atoms with Gasteiger partial charge < -0.3 is 58.8 Å². The smallest absolute Gasteiger partial charge is 0.143 e. The van der Waals surface area contributed by atoms with Gasteiger partial charge in [-0.1, -0.05) is 0 Å². The molecular formula is C72H72Ir2N16-12. The summed E-state index contributed by atoms with van der Waals surface area (Å²) >= 11 is 0. The van der Waals surface area contributed by atoms with Crippen LogP contribution in [0.25, 0.3) is 0 Å². The quantitative estimate of drug-likeness (QED) is 0.0678. The number of hydrogen-bond donors (Lipinski definition) is 0. The van der Waals surface area contributed by atoms with Crippen molar-refractivity contribution in [2.45, 2.75) is 53.4 Å². The van der Waals surface area contributed by atoms with E-state index in [1.165, 1.54) is 22.8 Å². The van der Waals surface area contributed by atoms with Crippen LogP contribution in [0.3, 0.4) is 0 Å². The molecule has 0 atom stereocenters. The van der Waals surface area contributed by atoms with E-state index in [0.29, 0.717) is 0 Å². The van der Waals surface area contributed by atoms with Crippen molar-refractivity contribution in [1.29, 1.82) is 0 Å². The number of allylic oxidation sites excluding steroid dienone is 4. The first-order valence-corrected chi connectivity index (χ1v) is 29.6. The Balaban J connectivity index is 0.000000146. The predicted octanol–water partition coefficient (Wildman–Crippen LogP) is 13.9. The number of rotatable bonds is 16. The molecule has 0 bridgehead atoms. The van der Waals surface area contributed by atoms with Crippen LogP contribution in [0.15, 0.2) is 218 Å². The Kier molecular flexibility index (Phi) is 23.5. The van der Waals surface area contributed by atoms with E-state index in [9.17, 15) is 0 Å². The monoisotopic (exact) mass is 1550 g/mol. The van der Waals surface area contributed by atoms with Crippen molar-refractivity contribution in [2.75, 3.05) is 79.5 Å². The number of nitrogens with zero attached hydrogens (tertiary/aromatic N) is 16. The van der Waals surface area contributed by atoms with Crippen molar-refractivity contribution in [3.63, 3.8) is 0 Å². The second kappa shape index (κ2) is 32.2. The number of anilines is 10. The zero-order valence-electron chi connectivity index (χ0n) is 51.4. The number of unbranched alkanes of at least 4 members (excludes halogenated alkanes) is 2. The van der Waals surface area contributed by atoms with E-state index in [2.05, 4.69) is 211 Å². The largest absolute Gasteiger partial charge is 0.508 e. The van der Waals surface area contributed by atoms with Gasteiger partial charge in [0.15, 0.2) is 0 Å². The first kappa shape index (κ1) is 65.8. The van der Waals surface area contributed by atoms with Crippen LogP contribution in [0.1, 0.15) is 53.4 Å². The molecule has 8 aromatic rings. The van der Waals surface area contributed by atoms with Crippen LogP contribution in [-0.4, -0.2) is 79.8 Å². The van der Waals surface area contributed by atoms with Crippen LogP contribution in [0.5, 0.6) is 0 Å². The fraction of sp³-hybridized carbons (Fsp3) is 0.194. The van der Waals surface area contributed by atoms with Crippen molar-refractivity contribution >= 4 is 57.4 Å². The molecular weight excluding hydrogens is 1470 g/mol. The van der Waals surface area contributed by atoms with Gasteiger partial charge in [0.2, 0.25) is 0 Å². The van der Waals surface area contributed by atoms with E-state index >= 15 is 0 Å². The molecule has 6 aliphatic heterocycles. The van der Waals surface area contributed by atoms with Gasteiger partial charge in [0, 0.05) is 76.4 Å². The maximum atomic E-state index is 4.34. The number of fused-ring (bicyclic) bond motifs is 2. The molecule has 0 spiro atoms. The molecule has 2 radical (unpaired) electrons. The topological polar surface area (TPSA) is 90.4 Å². The predicted molar refractivity (Wildman–Crippen MR) is 353 cm³/mol. The van der Waals surface area contributed by atoms with Crippen LogP contribution in [0.4, 0.5) is 57.4 Å². The fourth-order valence-corrected chi connectivity index (χ4v) is 10.4. The van der Waals surface area contributed by atoms with Crippen molar-refractivity contribution in [1.82, 2.24) is 39.5 Å². The Morgan fingerprint density at radius 2 is 0.622 bits per heavy atom. The molecule has 470 valence electrons. The minimum absolute atomic E-state index is 0. The minimum atomic E-state index is 0. The SMILES string of the molecule is CC1=C(C)N(c2[c-]cccc2)[CH-]N1CCCCN1[CH-]N(c2[c-]cccc2)C(C)=C1C.CN1[CH-]N(c2[c-]cccc2)c2nccnc21.CN1[CH-]N(c2[c-]cccc2)c2nccnc21.[Ir].[Ir].[c-]1ccccc1N1C=CN(CCCCN2C=CN(c3[c-]cccc3)[CH-]2)[CH-]1. The van der Waals surface area contributed by atoms with Gasteiger partial charge in [-0.3, -0.25) is 0 Å². The van der Waals surface area contributed by atoms with E-state index in [1.807, 2.05) is 156 Å². The summed E-state index contributed by atoms with van der Waals surface area (Å²) in [5.41, 5.74) is 11.4. The number of benzene rings is 6. The first-order valence-electron chi connectivity index (χ1n) is 29.6. The summed E-state index contributed by atoms with van der Waals surface area (Å²) in [5, 5.41) is 0. The summed E-state index contributed by atoms with van der Waals surface area (Å²) in [7, 11) is 3.91. The van der Waals surface area contributed by atoms with Gasteiger partial charge in [-0.05, 0) is 130 Å². The summed E-state index contributed by atoms with van der Waals surface area (Å²) < 4.78 is 0. The molecule has 16 nitrogen and oxygen atoms in total. The first-order chi connectivity index (χ1) is 43.2. The number of hydrogen-bond acceptors (Lipinski definition) is 16. The van der Waals surface area contributed by atoms with Crippen LogP contribution < -0.4 is 39.2 Å². The molecule has 0 N–H and O–H groups in total. The van der Waals surface area contributed by atoms with Gasteiger partial charge >= 0.3 is 0 Å². The van der Waals surface area contributed by atoms with Crippen LogP contribution in [-0.2, 0) is 40.2 Å². The van der Waals surface area contributed by atoms with E-state index in [-0.39, 0.29) is 40.2 Å². The van der Waals surface area contributed by atoms with E-state index in [0.717, 1.165) is 109 Å². The summed E-state index contributed by atoms with van der Waals surface area (Å²) in [6, 6.07) is 67.4. The summed E-state index contributed by atoms with van der Waals surface area (Å²) in [6.45, 7) is 25.4. The van der Waals surface area contributed by atoms with Gasteiger partial charge in [0.25, 0.3) is 0 Å². The molecule has 0 unspecified atom stereocenters. The van der Waals surface area contributed by atoms with Crippen molar-refractivity contribution in [3.8, 4) is 0 Å². The van der Waals surface area contributed by atoms with Gasteiger partial charge in [0.1, 0.15) is 23.3 Å². The van der Waals surface area contributed by atoms with E-state index in [1.54, 1.807) is 24.8 Å². The summed E-state index contributed by atoms with van der Waals surface area (Å²) in [4.78, 5) is 43.0. The molecule has 0 saturated heterocycles. The molecule has 0 aliphatic carbocycles. The number of para-hydroxylation sites is 6. The van der Waals surface area contributed by atoms with E-state index < -0.39 is 0 Å². The summed E-state index contributed by atoms with van der Waals surface area (Å²) in [6.07, 6.45) is 19.8. The zero-order valence-corrected chi connectivity index (χ0v) is 56.2. The van der Waals surface area contributed by atoms with Crippen molar-refractivity contribution in [2.24, 2.45) is 0 Å². The third kappa shape index (κ3) is 16.2.